The summed E-state index contributed by atoms with van der Waals surface area (Å²) < 4.78 is 5.48. The molecule has 0 atom stereocenters. The van der Waals surface area contributed by atoms with E-state index in [0.717, 1.165) is 5.56 Å². The number of anilines is 1. The van der Waals surface area contributed by atoms with E-state index in [2.05, 4.69) is 5.32 Å². The average molecular weight is 352 g/mol. The van der Waals surface area contributed by atoms with Gasteiger partial charge in [-0.15, -0.1) is 0 Å². The SMILES string of the molecule is Cc1ccc(C(=O)Nc2cccc(C(=O)N3CCOCC3(C)C)c2)cc1. The van der Waals surface area contributed by atoms with Crippen LogP contribution in [0.15, 0.2) is 48.5 Å². The largest absolute Gasteiger partial charge is 0.377 e. The highest BCUT2D eigenvalue weighted by Crippen LogP contribution is 2.23. The molecular formula is C21H24N2O3. The summed E-state index contributed by atoms with van der Waals surface area (Å²) in [6, 6.07) is 14.4. The molecular weight excluding hydrogens is 328 g/mol. The first-order valence-corrected chi connectivity index (χ1v) is 8.75. The third-order valence-electron chi connectivity index (χ3n) is 4.57. The maximum absolute atomic E-state index is 12.9. The van der Waals surface area contributed by atoms with Crippen molar-refractivity contribution >= 4 is 17.5 Å². The summed E-state index contributed by atoms with van der Waals surface area (Å²) in [6.07, 6.45) is 0. The van der Waals surface area contributed by atoms with Crippen LogP contribution in [0.5, 0.6) is 0 Å². The summed E-state index contributed by atoms with van der Waals surface area (Å²) in [7, 11) is 0. The lowest BCUT2D eigenvalue weighted by Gasteiger charge is -2.42. The topological polar surface area (TPSA) is 58.6 Å². The molecule has 0 unspecified atom stereocenters. The smallest absolute Gasteiger partial charge is 0.255 e. The fraction of sp³-hybridized carbons (Fsp3) is 0.333. The van der Waals surface area contributed by atoms with Gasteiger partial charge in [0.05, 0.1) is 18.8 Å². The van der Waals surface area contributed by atoms with Crippen LogP contribution in [0, 0.1) is 6.92 Å². The van der Waals surface area contributed by atoms with Crippen LogP contribution in [0.25, 0.3) is 0 Å². The Balaban J connectivity index is 1.76. The van der Waals surface area contributed by atoms with Crippen molar-refractivity contribution < 1.29 is 14.3 Å². The number of amides is 2. The van der Waals surface area contributed by atoms with Crippen molar-refractivity contribution in [2.75, 3.05) is 25.1 Å². The van der Waals surface area contributed by atoms with Gasteiger partial charge in [-0.1, -0.05) is 23.8 Å². The molecule has 5 heteroatoms. The minimum atomic E-state index is -0.351. The molecule has 2 aromatic rings. The number of nitrogens with one attached hydrogen (secondary N) is 1. The van der Waals surface area contributed by atoms with Gasteiger partial charge in [0.1, 0.15) is 0 Å². The lowest BCUT2D eigenvalue weighted by molar-refractivity contribution is -0.0370. The highest BCUT2D eigenvalue weighted by Gasteiger charge is 2.34. The van der Waals surface area contributed by atoms with Gasteiger partial charge in [0.2, 0.25) is 0 Å². The molecule has 0 bridgehead atoms. The fourth-order valence-electron chi connectivity index (χ4n) is 3.03. The van der Waals surface area contributed by atoms with Gasteiger partial charge in [0, 0.05) is 23.4 Å². The third-order valence-corrected chi connectivity index (χ3v) is 4.57. The summed E-state index contributed by atoms with van der Waals surface area (Å²) in [5.41, 5.74) is 2.49. The number of ether oxygens (including phenoxy) is 1. The van der Waals surface area contributed by atoms with Crippen molar-refractivity contribution in [3.63, 3.8) is 0 Å². The molecule has 1 aliphatic rings. The summed E-state index contributed by atoms with van der Waals surface area (Å²) in [5, 5.41) is 2.86. The Labute approximate surface area is 154 Å². The van der Waals surface area contributed by atoms with E-state index in [4.69, 9.17) is 4.74 Å². The van der Waals surface area contributed by atoms with Crippen molar-refractivity contribution in [2.24, 2.45) is 0 Å². The Bertz CT molecular complexity index is 812. The Hall–Kier alpha value is -2.66. The lowest BCUT2D eigenvalue weighted by atomic mass is 10.0. The molecule has 1 heterocycles. The van der Waals surface area contributed by atoms with Crippen LogP contribution in [0.4, 0.5) is 5.69 Å². The second-order valence-electron chi connectivity index (χ2n) is 7.22. The van der Waals surface area contributed by atoms with Crippen molar-refractivity contribution in [3.8, 4) is 0 Å². The van der Waals surface area contributed by atoms with Gasteiger partial charge in [0.15, 0.2) is 0 Å². The molecule has 5 nitrogen and oxygen atoms in total. The summed E-state index contributed by atoms with van der Waals surface area (Å²) in [6.45, 7) is 7.58. The minimum absolute atomic E-state index is 0.0512. The molecule has 1 fully saturated rings. The summed E-state index contributed by atoms with van der Waals surface area (Å²) >= 11 is 0. The van der Waals surface area contributed by atoms with Crippen molar-refractivity contribution in [1.29, 1.82) is 0 Å². The number of rotatable bonds is 3. The highest BCUT2D eigenvalue weighted by atomic mass is 16.5. The first-order valence-electron chi connectivity index (χ1n) is 8.75. The predicted molar refractivity (Wildman–Crippen MR) is 102 cm³/mol. The van der Waals surface area contributed by atoms with Crippen molar-refractivity contribution in [2.45, 2.75) is 26.3 Å². The van der Waals surface area contributed by atoms with Crippen LogP contribution in [-0.2, 0) is 4.74 Å². The first-order chi connectivity index (χ1) is 12.4. The molecule has 136 valence electrons. The van der Waals surface area contributed by atoms with E-state index in [0.29, 0.717) is 36.6 Å². The van der Waals surface area contributed by atoms with Crippen LogP contribution >= 0.6 is 0 Å². The van der Waals surface area contributed by atoms with E-state index < -0.39 is 0 Å². The normalized spacial score (nSPS) is 16.2. The maximum atomic E-state index is 12.9. The second-order valence-corrected chi connectivity index (χ2v) is 7.22. The van der Waals surface area contributed by atoms with E-state index >= 15 is 0 Å². The van der Waals surface area contributed by atoms with E-state index in [1.54, 1.807) is 36.4 Å². The number of carbonyl (C=O) groups is 2. The molecule has 2 amide bonds. The van der Waals surface area contributed by atoms with E-state index in [9.17, 15) is 9.59 Å². The zero-order valence-electron chi connectivity index (χ0n) is 15.4. The van der Waals surface area contributed by atoms with E-state index in [1.807, 2.05) is 37.8 Å². The molecule has 0 saturated carbocycles. The molecule has 26 heavy (non-hydrogen) atoms. The number of hydrogen-bond acceptors (Lipinski definition) is 3. The molecule has 1 N–H and O–H groups in total. The average Bonchev–Trinajstić information content (AvgIpc) is 2.61. The number of hydrogen-bond donors (Lipinski definition) is 1. The van der Waals surface area contributed by atoms with Crippen molar-refractivity contribution in [3.05, 3.63) is 65.2 Å². The van der Waals surface area contributed by atoms with Gasteiger partial charge in [-0.3, -0.25) is 9.59 Å². The number of nitrogens with zero attached hydrogens (tertiary/aromatic N) is 1. The molecule has 3 rings (SSSR count). The molecule has 1 saturated heterocycles. The number of benzene rings is 2. The Kier molecular flexibility index (Phi) is 5.09. The zero-order valence-corrected chi connectivity index (χ0v) is 15.4. The monoisotopic (exact) mass is 352 g/mol. The quantitative estimate of drug-likeness (QED) is 0.920. The number of carbonyl (C=O) groups excluding carboxylic acids is 2. The van der Waals surface area contributed by atoms with Gasteiger partial charge in [-0.05, 0) is 51.1 Å². The van der Waals surface area contributed by atoms with Gasteiger partial charge in [0.25, 0.3) is 11.8 Å². The second kappa shape index (κ2) is 7.30. The Morgan fingerprint density at radius 2 is 1.81 bits per heavy atom. The third kappa shape index (κ3) is 3.94. The van der Waals surface area contributed by atoms with Gasteiger partial charge in [-0.25, -0.2) is 0 Å². The van der Waals surface area contributed by atoms with Crippen LogP contribution < -0.4 is 5.32 Å². The van der Waals surface area contributed by atoms with Crippen LogP contribution in [-0.4, -0.2) is 42.0 Å². The predicted octanol–water partition coefficient (Wildman–Crippen LogP) is 3.50. The first kappa shape index (κ1) is 18.1. The summed E-state index contributed by atoms with van der Waals surface area (Å²) in [4.78, 5) is 27.1. The number of aryl methyl sites for hydroxylation is 1. The highest BCUT2D eigenvalue weighted by molar-refractivity contribution is 6.05. The molecule has 0 aromatic heterocycles. The Morgan fingerprint density at radius 3 is 2.50 bits per heavy atom. The van der Waals surface area contributed by atoms with Crippen molar-refractivity contribution in [1.82, 2.24) is 4.90 Å². The standard InChI is InChI=1S/C21H24N2O3/c1-15-7-9-16(10-8-15)19(24)22-18-6-4-5-17(13-18)20(25)23-11-12-26-14-21(23,2)3/h4-10,13H,11-12,14H2,1-3H3,(H,22,24). The zero-order chi connectivity index (χ0) is 18.7. The minimum Gasteiger partial charge on any atom is -0.377 e. The fourth-order valence-corrected chi connectivity index (χ4v) is 3.03. The van der Waals surface area contributed by atoms with E-state index in [1.165, 1.54) is 0 Å². The van der Waals surface area contributed by atoms with Gasteiger partial charge >= 0.3 is 0 Å². The molecule has 2 aromatic carbocycles. The molecule has 1 aliphatic heterocycles. The van der Waals surface area contributed by atoms with Crippen LogP contribution in [0.3, 0.4) is 0 Å². The molecule has 0 aliphatic carbocycles. The van der Waals surface area contributed by atoms with E-state index in [-0.39, 0.29) is 17.4 Å². The van der Waals surface area contributed by atoms with Crippen LogP contribution in [0.2, 0.25) is 0 Å². The van der Waals surface area contributed by atoms with Gasteiger partial charge < -0.3 is 15.0 Å². The lowest BCUT2D eigenvalue weighted by Crippen LogP contribution is -2.55. The maximum Gasteiger partial charge on any atom is 0.255 e. The van der Waals surface area contributed by atoms with Gasteiger partial charge in [-0.2, -0.15) is 0 Å². The Morgan fingerprint density at radius 1 is 1.08 bits per heavy atom. The number of morpholine rings is 1. The van der Waals surface area contributed by atoms with Crippen LogP contribution in [0.1, 0.15) is 40.1 Å². The molecule has 0 spiro atoms. The molecule has 0 radical (unpaired) electrons. The summed E-state index contributed by atoms with van der Waals surface area (Å²) in [5.74, 6) is -0.244.